The predicted molar refractivity (Wildman–Crippen MR) is 133 cm³/mol. The molecule has 184 valence electrons. The minimum atomic E-state index is -0.423. The number of ether oxygens (including phenoxy) is 2. The molecule has 1 aromatic rings. The highest BCUT2D eigenvalue weighted by molar-refractivity contribution is 6.23. The lowest BCUT2D eigenvalue weighted by atomic mass is 9.72. The van der Waals surface area contributed by atoms with Gasteiger partial charge >= 0.3 is 5.97 Å². The molecule has 1 spiro atoms. The van der Waals surface area contributed by atoms with Gasteiger partial charge in [-0.1, -0.05) is 31.6 Å². The summed E-state index contributed by atoms with van der Waals surface area (Å²) in [5, 5.41) is 0. The molecule has 1 saturated heterocycles. The summed E-state index contributed by atoms with van der Waals surface area (Å²) in [5.74, 6) is -0.0674. The molecule has 0 bridgehead atoms. The van der Waals surface area contributed by atoms with Crippen LogP contribution < -0.4 is 0 Å². The summed E-state index contributed by atoms with van der Waals surface area (Å²) in [6.07, 6.45) is 7.47. The molecule has 3 rings (SSSR count). The van der Waals surface area contributed by atoms with E-state index in [4.69, 9.17) is 9.47 Å². The molecule has 6 heteroatoms. The largest absolute Gasteiger partial charge is 0.462 e. The van der Waals surface area contributed by atoms with E-state index in [1.165, 1.54) is 11.6 Å². The molecule has 0 amide bonds. The molecule has 0 unspecified atom stereocenters. The first-order chi connectivity index (χ1) is 16.4. The molecule has 1 aliphatic carbocycles. The molecule has 1 aliphatic heterocycles. The molecule has 1 heterocycles. The van der Waals surface area contributed by atoms with Crippen LogP contribution in [0.1, 0.15) is 85.9 Å². The number of aldehydes is 1. The second kappa shape index (κ2) is 12.2. The van der Waals surface area contributed by atoms with Gasteiger partial charge in [0.15, 0.2) is 5.78 Å². The van der Waals surface area contributed by atoms with Crippen molar-refractivity contribution in [2.45, 2.75) is 65.2 Å². The number of nitrogens with zero attached hydrogens (tertiary/aromatic N) is 1. The molecule has 0 radical (unpaired) electrons. The standard InChI is InChI=1S/C28H37NO5/c1-4-24(29-3)26-23(17-28(11-10-25(26)31)12-14-33-15-13-28)9-8-20(2)19-34-27(32)22-7-5-6-21(16-22)18-30/h5-7,16,18,20H,4,8-15,17,19H2,1-3H3/t20-/m1/s1. The van der Waals surface area contributed by atoms with E-state index in [0.29, 0.717) is 30.4 Å². The number of carbonyl (C=O) groups excluding carboxylic acids is 3. The zero-order valence-electron chi connectivity index (χ0n) is 20.7. The number of allylic oxidation sites excluding steroid dienone is 2. The van der Waals surface area contributed by atoms with Crippen molar-refractivity contribution in [3.63, 3.8) is 0 Å². The Morgan fingerprint density at radius 2 is 2.03 bits per heavy atom. The summed E-state index contributed by atoms with van der Waals surface area (Å²) in [6, 6.07) is 6.52. The molecule has 1 atom stereocenters. The lowest BCUT2D eigenvalue weighted by Crippen LogP contribution is -2.29. The molecule has 0 saturated carbocycles. The average molecular weight is 468 g/mol. The van der Waals surface area contributed by atoms with Gasteiger partial charge in [-0.3, -0.25) is 14.6 Å². The molecule has 1 aromatic carbocycles. The number of hydrogen-bond donors (Lipinski definition) is 0. The zero-order valence-corrected chi connectivity index (χ0v) is 20.7. The highest BCUT2D eigenvalue weighted by atomic mass is 16.5. The van der Waals surface area contributed by atoms with Gasteiger partial charge in [-0.2, -0.15) is 0 Å². The van der Waals surface area contributed by atoms with Gasteiger partial charge in [0.2, 0.25) is 0 Å². The fourth-order valence-electron chi connectivity index (χ4n) is 5.13. The number of aliphatic imine (C=N–C) groups is 1. The topological polar surface area (TPSA) is 82.0 Å². The van der Waals surface area contributed by atoms with E-state index in [2.05, 4.69) is 18.8 Å². The fraction of sp³-hybridized carbons (Fsp3) is 0.571. The maximum atomic E-state index is 13.2. The maximum Gasteiger partial charge on any atom is 0.338 e. The molecule has 1 fully saturated rings. The van der Waals surface area contributed by atoms with Gasteiger partial charge in [0.1, 0.15) is 6.29 Å². The van der Waals surface area contributed by atoms with Gasteiger partial charge in [0, 0.05) is 43.5 Å². The number of esters is 1. The quantitative estimate of drug-likeness (QED) is 0.276. The number of Topliss-reactive ketones (excluding diaryl/α,β-unsaturated/α-hetero) is 1. The van der Waals surface area contributed by atoms with Crippen LogP contribution in [0.4, 0.5) is 0 Å². The van der Waals surface area contributed by atoms with Crippen molar-refractivity contribution >= 4 is 23.8 Å². The molecule has 34 heavy (non-hydrogen) atoms. The Kier molecular flexibility index (Phi) is 9.34. The Balaban J connectivity index is 1.70. The first-order valence-corrected chi connectivity index (χ1v) is 12.4. The Labute approximate surface area is 202 Å². The normalized spacial score (nSPS) is 19.6. The molecule has 0 aromatic heterocycles. The Hall–Kier alpha value is -2.60. The van der Waals surface area contributed by atoms with E-state index >= 15 is 0 Å². The van der Waals surface area contributed by atoms with Gasteiger partial charge in [-0.05, 0) is 68.4 Å². The third-order valence-electron chi connectivity index (χ3n) is 7.25. The van der Waals surface area contributed by atoms with Crippen LogP contribution in [0.3, 0.4) is 0 Å². The van der Waals surface area contributed by atoms with Gasteiger partial charge < -0.3 is 9.47 Å². The lowest BCUT2D eigenvalue weighted by molar-refractivity contribution is -0.115. The SMILES string of the molecule is CCC(=NC)C1=C(CC[C@@H](C)COC(=O)c2cccc(C=O)c2)CC2(CCOCC2)CCC1=O. The number of rotatable bonds is 9. The van der Waals surface area contributed by atoms with Crippen LogP contribution in [0.25, 0.3) is 0 Å². The second-order valence-corrected chi connectivity index (χ2v) is 9.70. The van der Waals surface area contributed by atoms with E-state index < -0.39 is 5.97 Å². The molecular weight excluding hydrogens is 430 g/mol. The smallest absolute Gasteiger partial charge is 0.338 e. The number of benzene rings is 1. The number of hydrogen-bond acceptors (Lipinski definition) is 6. The van der Waals surface area contributed by atoms with Crippen LogP contribution in [-0.2, 0) is 14.3 Å². The van der Waals surface area contributed by atoms with E-state index in [0.717, 1.165) is 69.4 Å². The summed E-state index contributed by atoms with van der Waals surface area (Å²) < 4.78 is 11.2. The third-order valence-corrected chi connectivity index (χ3v) is 7.25. The lowest BCUT2D eigenvalue weighted by Gasteiger charge is -2.37. The maximum absolute atomic E-state index is 13.2. The minimum absolute atomic E-state index is 0.136. The van der Waals surface area contributed by atoms with Gasteiger partial charge in [-0.15, -0.1) is 0 Å². The first-order valence-electron chi connectivity index (χ1n) is 12.4. The minimum Gasteiger partial charge on any atom is -0.462 e. The number of carbonyl (C=O) groups is 3. The highest BCUT2D eigenvalue weighted by Gasteiger charge is 2.38. The Morgan fingerprint density at radius 3 is 2.71 bits per heavy atom. The Bertz CT molecular complexity index is 955. The molecule has 2 aliphatic rings. The van der Waals surface area contributed by atoms with E-state index in [1.54, 1.807) is 25.2 Å². The van der Waals surface area contributed by atoms with Crippen molar-refractivity contribution in [1.82, 2.24) is 0 Å². The fourth-order valence-corrected chi connectivity index (χ4v) is 5.13. The van der Waals surface area contributed by atoms with Crippen molar-refractivity contribution in [2.75, 3.05) is 26.9 Å². The third kappa shape index (κ3) is 6.50. The van der Waals surface area contributed by atoms with E-state index in [9.17, 15) is 14.4 Å². The second-order valence-electron chi connectivity index (χ2n) is 9.70. The molecule has 0 N–H and O–H groups in total. The van der Waals surface area contributed by atoms with Crippen molar-refractivity contribution in [3.05, 3.63) is 46.5 Å². The van der Waals surface area contributed by atoms with Gasteiger partial charge in [0.25, 0.3) is 0 Å². The van der Waals surface area contributed by atoms with Crippen molar-refractivity contribution < 1.29 is 23.9 Å². The van der Waals surface area contributed by atoms with Crippen LogP contribution >= 0.6 is 0 Å². The van der Waals surface area contributed by atoms with Crippen molar-refractivity contribution in [2.24, 2.45) is 16.3 Å². The van der Waals surface area contributed by atoms with Gasteiger partial charge in [-0.25, -0.2) is 4.79 Å². The van der Waals surface area contributed by atoms with E-state index in [-0.39, 0.29) is 17.1 Å². The number of ketones is 1. The van der Waals surface area contributed by atoms with Crippen molar-refractivity contribution in [3.8, 4) is 0 Å². The average Bonchev–Trinajstić information content (AvgIpc) is 2.99. The first kappa shape index (κ1) is 26.0. The molecule has 6 nitrogen and oxygen atoms in total. The summed E-state index contributed by atoms with van der Waals surface area (Å²) in [6.45, 7) is 5.93. The monoisotopic (exact) mass is 467 g/mol. The Morgan fingerprint density at radius 1 is 1.26 bits per heavy atom. The predicted octanol–water partition coefficient (Wildman–Crippen LogP) is 5.40. The summed E-state index contributed by atoms with van der Waals surface area (Å²) in [4.78, 5) is 41.1. The highest BCUT2D eigenvalue weighted by Crippen LogP contribution is 2.45. The summed E-state index contributed by atoms with van der Waals surface area (Å²) >= 11 is 0. The van der Waals surface area contributed by atoms with Crippen molar-refractivity contribution in [1.29, 1.82) is 0 Å². The molecular formula is C28H37NO5. The summed E-state index contributed by atoms with van der Waals surface area (Å²) in [5.41, 5.74) is 3.93. The van der Waals surface area contributed by atoms with Crippen LogP contribution in [0, 0.1) is 11.3 Å². The van der Waals surface area contributed by atoms with Crippen LogP contribution in [-0.4, -0.2) is 50.6 Å². The summed E-state index contributed by atoms with van der Waals surface area (Å²) in [7, 11) is 1.77. The van der Waals surface area contributed by atoms with E-state index in [1.807, 2.05) is 0 Å². The van der Waals surface area contributed by atoms with Crippen LogP contribution in [0.2, 0.25) is 0 Å². The van der Waals surface area contributed by atoms with Gasteiger partial charge in [0.05, 0.1) is 12.2 Å². The van der Waals surface area contributed by atoms with Crippen LogP contribution in [0.15, 0.2) is 40.4 Å². The zero-order chi connectivity index (χ0) is 24.6. The van der Waals surface area contributed by atoms with Crippen LogP contribution in [0.5, 0.6) is 0 Å².